The molecule has 2 fully saturated rings. The van der Waals surface area contributed by atoms with Gasteiger partial charge in [0.25, 0.3) is 5.91 Å². The first kappa shape index (κ1) is 23.5. The maximum Gasteiger partial charge on any atom is 0.253 e. The van der Waals surface area contributed by atoms with Crippen LogP contribution in [0.1, 0.15) is 21.8 Å². The van der Waals surface area contributed by atoms with Crippen LogP contribution < -0.4 is 10.1 Å². The molecule has 0 saturated carbocycles. The number of ether oxygens (including phenoxy) is 1. The molecule has 2 aliphatic heterocycles. The van der Waals surface area contributed by atoms with Crippen molar-refractivity contribution in [3.8, 4) is 16.9 Å². The first-order valence-corrected chi connectivity index (χ1v) is 13.1. The van der Waals surface area contributed by atoms with Crippen molar-refractivity contribution in [2.24, 2.45) is 0 Å². The molecule has 2 saturated heterocycles. The fourth-order valence-corrected chi connectivity index (χ4v) is 7.09. The summed E-state index contributed by atoms with van der Waals surface area (Å²) in [6, 6.07) is 22.3. The molecule has 2 heterocycles. The minimum Gasteiger partial charge on any atom is -0.497 e. The molecule has 1 amide bonds. The smallest absolute Gasteiger partial charge is 0.253 e. The van der Waals surface area contributed by atoms with Gasteiger partial charge in [-0.05, 0) is 41.0 Å². The van der Waals surface area contributed by atoms with E-state index in [0.717, 1.165) is 16.7 Å². The van der Waals surface area contributed by atoms with Gasteiger partial charge in [-0.15, -0.1) is 0 Å². The minimum absolute atomic E-state index is 0.0319. The number of sulfonamides is 1. The number of amides is 1. The summed E-state index contributed by atoms with van der Waals surface area (Å²) in [5, 5.41) is 3.36. The van der Waals surface area contributed by atoms with Gasteiger partial charge in [0.2, 0.25) is 10.0 Å². The number of piperazine rings is 1. The average Bonchev–Trinajstić information content (AvgIpc) is 2.89. The molecule has 0 radical (unpaired) electrons. The van der Waals surface area contributed by atoms with E-state index in [1.165, 1.54) is 7.11 Å². The number of carbonyl (C=O) groups excluding carboxylic acids is 1. The molecule has 0 aliphatic carbocycles. The number of hydrogen-bond donors (Lipinski definition) is 1. The maximum atomic E-state index is 13.5. The first-order chi connectivity index (χ1) is 16.8. The summed E-state index contributed by atoms with van der Waals surface area (Å²) in [6.07, 6.45) is 0. The van der Waals surface area contributed by atoms with E-state index >= 15 is 0 Å². The minimum atomic E-state index is -3.63. The predicted octanol–water partition coefficient (Wildman–Crippen LogP) is 3.19. The lowest BCUT2D eigenvalue weighted by molar-refractivity contribution is 0.0370. The lowest BCUT2D eigenvalue weighted by atomic mass is 9.74. The Morgan fingerprint density at radius 2 is 1.63 bits per heavy atom. The summed E-state index contributed by atoms with van der Waals surface area (Å²) in [6.45, 7) is 1.22. The fourth-order valence-electron chi connectivity index (χ4n) is 5.20. The highest BCUT2D eigenvalue weighted by atomic mass is 32.2. The van der Waals surface area contributed by atoms with Gasteiger partial charge in [0.05, 0.1) is 12.0 Å². The van der Waals surface area contributed by atoms with E-state index in [4.69, 9.17) is 4.74 Å². The van der Waals surface area contributed by atoms with Gasteiger partial charge in [0.1, 0.15) is 5.75 Å². The molecule has 3 atom stereocenters. The average molecular weight is 492 g/mol. The van der Waals surface area contributed by atoms with Crippen molar-refractivity contribution in [2.75, 3.05) is 34.3 Å². The highest BCUT2D eigenvalue weighted by molar-refractivity contribution is 7.89. The number of benzene rings is 3. The highest BCUT2D eigenvalue weighted by Crippen LogP contribution is 2.46. The second kappa shape index (κ2) is 9.11. The summed E-state index contributed by atoms with van der Waals surface area (Å²) >= 11 is 0. The number of fused-ring (bicyclic) bond motifs is 2. The van der Waals surface area contributed by atoms with Crippen LogP contribution in [-0.4, -0.2) is 69.9 Å². The molecular formula is C27H29N3O4S. The van der Waals surface area contributed by atoms with Crippen molar-refractivity contribution in [1.82, 2.24) is 14.5 Å². The van der Waals surface area contributed by atoms with Crippen LogP contribution in [0.2, 0.25) is 0 Å². The Bertz CT molecular complexity index is 1340. The normalized spacial score (nSPS) is 21.7. The van der Waals surface area contributed by atoms with Crippen molar-refractivity contribution < 1.29 is 17.9 Å². The van der Waals surface area contributed by atoms with E-state index < -0.39 is 10.0 Å². The van der Waals surface area contributed by atoms with Crippen LogP contribution in [-0.2, 0) is 10.0 Å². The molecule has 7 nitrogen and oxygen atoms in total. The summed E-state index contributed by atoms with van der Waals surface area (Å²) in [4.78, 5) is 14.2. The van der Waals surface area contributed by atoms with E-state index in [-0.39, 0.29) is 28.8 Å². The standard InChI is InChI=1S/C27H29N3O4S/c1-29(2)27(31)21-7-4-6-20(14-21)18-10-12-19(13-11-18)26-24-16-28-17-25(26)30(24)35(32,33)23-9-5-8-22(15-23)34-3/h4-15,24-26,28H,16-17H2,1-3H3/t24-,25+,26?. The van der Waals surface area contributed by atoms with Gasteiger partial charge < -0.3 is 15.0 Å². The van der Waals surface area contributed by atoms with Crippen LogP contribution >= 0.6 is 0 Å². The number of nitrogens with one attached hydrogen (secondary N) is 1. The third-order valence-electron chi connectivity index (χ3n) is 6.95. The molecular weight excluding hydrogens is 462 g/mol. The van der Waals surface area contributed by atoms with E-state index in [1.54, 1.807) is 47.6 Å². The Labute approximate surface area is 206 Å². The summed E-state index contributed by atoms with van der Waals surface area (Å²) in [7, 11) is 1.39. The number of hydrogen-bond acceptors (Lipinski definition) is 5. The molecule has 1 unspecified atom stereocenters. The summed E-state index contributed by atoms with van der Waals surface area (Å²) in [5.74, 6) is 0.626. The molecule has 3 aromatic carbocycles. The van der Waals surface area contributed by atoms with Crippen molar-refractivity contribution in [3.63, 3.8) is 0 Å². The van der Waals surface area contributed by atoms with Gasteiger partial charge in [-0.25, -0.2) is 8.42 Å². The number of nitrogens with zero attached hydrogens (tertiary/aromatic N) is 2. The number of piperidine rings is 1. The van der Waals surface area contributed by atoms with Crippen molar-refractivity contribution >= 4 is 15.9 Å². The second-order valence-electron chi connectivity index (χ2n) is 9.24. The van der Waals surface area contributed by atoms with Gasteiger partial charge in [0, 0.05) is 56.8 Å². The molecule has 0 spiro atoms. The van der Waals surface area contributed by atoms with Gasteiger partial charge in [-0.1, -0.05) is 42.5 Å². The van der Waals surface area contributed by atoms with Crippen molar-refractivity contribution in [1.29, 1.82) is 0 Å². The van der Waals surface area contributed by atoms with Gasteiger partial charge in [-0.3, -0.25) is 4.79 Å². The van der Waals surface area contributed by atoms with Crippen molar-refractivity contribution in [2.45, 2.75) is 22.9 Å². The molecule has 8 heteroatoms. The van der Waals surface area contributed by atoms with Crippen LogP contribution in [0.25, 0.3) is 11.1 Å². The summed E-state index contributed by atoms with van der Waals surface area (Å²) < 4.78 is 33.8. The zero-order valence-electron chi connectivity index (χ0n) is 20.0. The largest absolute Gasteiger partial charge is 0.497 e. The van der Waals surface area contributed by atoms with Crippen LogP contribution in [0.15, 0.2) is 77.7 Å². The molecule has 35 heavy (non-hydrogen) atoms. The third kappa shape index (κ3) is 4.11. The Morgan fingerprint density at radius 3 is 2.29 bits per heavy atom. The van der Waals surface area contributed by atoms with E-state index in [2.05, 4.69) is 29.6 Å². The Hall–Kier alpha value is -3.20. The van der Waals surface area contributed by atoms with E-state index in [1.807, 2.05) is 24.3 Å². The summed E-state index contributed by atoms with van der Waals surface area (Å²) in [5.41, 5.74) is 3.77. The van der Waals surface area contributed by atoms with Crippen molar-refractivity contribution in [3.05, 3.63) is 83.9 Å². The topological polar surface area (TPSA) is 79.0 Å². The Balaban J connectivity index is 1.39. The Morgan fingerprint density at radius 1 is 0.943 bits per heavy atom. The van der Waals surface area contributed by atoms with Gasteiger partial charge >= 0.3 is 0 Å². The lowest BCUT2D eigenvalue weighted by Gasteiger charge is -2.57. The van der Waals surface area contributed by atoms with Crippen LogP contribution in [0.3, 0.4) is 0 Å². The van der Waals surface area contributed by atoms with Gasteiger partial charge in [0.15, 0.2) is 0 Å². The molecule has 3 aromatic rings. The molecule has 2 bridgehead atoms. The van der Waals surface area contributed by atoms with Crippen LogP contribution in [0, 0.1) is 0 Å². The SMILES string of the molecule is COc1cccc(S(=O)(=O)N2[C@@H]3CNC[C@H]2C3c2ccc(-c3cccc(C(=O)N(C)C)c3)cc2)c1. The third-order valence-corrected chi connectivity index (χ3v) is 8.90. The molecule has 2 aliphatic rings. The Kier molecular flexibility index (Phi) is 6.13. The van der Waals surface area contributed by atoms with E-state index in [0.29, 0.717) is 24.4 Å². The number of methoxy groups -OCH3 is 1. The van der Waals surface area contributed by atoms with Gasteiger partial charge in [-0.2, -0.15) is 4.31 Å². The fraction of sp³-hybridized carbons (Fsp3) is 0.296. The van der Waals surface area contributed by atoms with E-state index in [9.17, 15) is 13.2 Å². The predicted molar refractivity (Wildman–Crippen MR) is 135 cm³/mol. The molecule has 182 valence electrons. The van der Waals surface area contributed by atoms with Crippen LogP contribution in [0.4, 0.5) is 0 Å². The lowest BCUT2D eigenvalue weighted by Crippen LogP contribution is -2.73. The molecule has 1 N–H and O–H groups in total. The van der Waals surface area contributed by atoms with Crippen LogP contribution in [0.5, 0.6) is 5.75 Å². The quantitative estimate of drug-likeness (QED) is 0.573. The first-order valence-electron chi connectivity index (χ1n) is 11.6. The zero-order chi connectivity index (χ0) is 24.7. The number of carbonyl (C=O) groups is 1. The number of rotatable bonds is 6. The zero-order valence-corrected chi connectivity index (χ0v) is 20.8. The maximum absolute atomic E-state index is 13.5. The molecule has 5 rings (SSSR count). The molecule has 0 aromatic heterocycles. The second-order valence-corrected chi connectivity index (χ2v) is 11.1. The monoisotopic (exact) mass is 491 g/mol. The highest BCUT2D eigenvalue weighted by Gasteiger charge is 2.56.